The Morgan fingerprint density at radius 1 is 1.10 bits per heavy atom. The van der Waals surface area contributed by atoms with E-state index in [0.29, 0.717) is 22.7 Å². The summed E-state index contributed by atoms with van der Waals surface area (Å²) in [6, 6.07) is 14.0. The molecule has 5 atom stereocenters. The van der Waals surface area contributed by atoms with E-state index in [2.05, 4.69) is 10.6 Å². The summed E-state index contributed by atoms with van der Waals surface area (Å²) < 4.78 is 0. The molecule has 0 aromatic heterocycles. The van der Waals surface area contributed by atoms with Crippen LogP contribution in [0.4, 0.5) is 5.69 Å². The van der Waals surface area contributed by atoms with Gasteiger partial charge in [0.15, 0.2) is 0 Å². The molecule has 8 heteroatoms. The third-order valence-corrected chi connectivity index (χ3v) is 7.03. The summed E-state index contributed by atoms with van der Waals surface area (Å²) >= 11 is 6.30. The number of likely N-dealkylation sites (tertiary alicyclic amines) is 1. The fourth-order valence-electron chi connectivity index (χ4n) is 5.30. The first kappa shape index (κ1) is 20.2. The largest absolute Gasteiger partial charge is 0.392 e. The number of para-hydroxylation sites is 1. The average molecular weight is 440 g/mol. The van der Waals surface area contributed by atoms with Gasteiger partial charge in [-0.05, 0) is 25.0 Å². The van der Waals surface area contributed by atoms with Crippen LogP contribution >= 0.6 is 11.6 Å². The Hall–Kier alpha value is -2.74. The number of hydrogen-bond acceptors (Lipinski definition) is 5. The summed E-state index contributed by atoms with van der Waals surface area (Å²) in [6.07, 6.45) is -0.416. The van der Waals surface area contributed by atoms with Gasteiger partial charge in [-0.25, -0.2) is 0 Å². The molecule has 5 unspecified atom stereocenters. The van der Waals surface area contributed by atoms with Crippen molar-refractivity contribution in [2.75, 3.05) is 11.9 Å². The zero-order valence-corrected chi connectivity index (χ0v) is 17.6. The highest BCUT2D eigenvalue weighted by Crippen LogP contribution is 2.54. The lowest BCUT2D eigenvalue weighted by atomic mass is 9.76. The molecule has 0 aliphatic carbocycles. The number of nitrogens with one attached hydrogen (secondary N) is 2. The zero-order valence-electron chi connectivity index (χ0n) is 16.8. The zero-order chi connectivity index (χ0) is 21.9. The van der Waals surface area contributed by atoms with Gasteiger partial charge in [0.25, 0.3) is 0 Å². The predicted molar refractivity (Wildman–Crippen MR) is 114 cm³/mol. The van der Waals surface area contributed by atoms with Crippen LogP contribution in [0.25, 0.3) is 0 Å². The van der Waals surface area contributed by atoms with Gasteiger partial charge < -0.3 is 10.4 Å². The molecule has 5 rings (SSSR count). The minimum absolute atomic E-state index is 0.224. The first-order valence-electron chi connectivity index (χ1n) is 10.3. The summed E-state index contributed by atoms with van der Waals surface area (Å²) in [7, 11) is 0. The normalized spacial score (nSPS) is 30.0. The smallest absolute Gasteiger partial charge is 0.250 e. The molecule has 3 aliphatic rings. The highest BCUT2D eigenvalue weighted by molar-refractivity contribution is 6.35. The fraction of sp³-hybridized carbons (Fsp3) is 0.348. The van der Waals surface area contributed by atoms with Gasteiger partial charge >= 0.3 is 0 Å². The van der Waals surface area contributed by atoms with Gasteiger partial charge in [-0.2, -0.15) is 0 Å². The Bertz CT molecular complexity index is 1090. The molecule has 1 spiro atoms. The number of carbonyl (C=O) groups is 3. The first-order chi connectivity index (χ1) is 14.9. The van der Waals surface area contributed by atoms with Gasteiger partial charge in [-0.15, -0.1) is 0 Å². The third kappa shape index (κ3) is 2.77. The van der Waals surface area contributed by atoms with Crippen LogP contribution in [-0.4, -0.2) is 46.4 Å². The summed E-state index contributed by atoms with van der Waals surface area (Å²) in [4.78, 5) is 41.4. The monoisotopic (exact) mass is 439 g/mol. The van der Waals surface area contributed by atoms with Crippen LogP contribution in [0.5, 0.6) is 0 Å². The lowest BCUT2D eigenvalue weighted by molar-refractivity contribution is -0.143. The van der Waals surface area contributed by atoms with E-state index in [-0.39, 0.29) is 12.5 Å². The quantitative estimate of drug-likeness (QED) is 0.630. The molecule has 3 heterocycles. The number of imide groups is 1. The molecule has 2 saturated heterocycles. The van der Waals surface area contributed by atoms with Crippen LogP contribution in [0.15, 0.2) is 48.5 Å². The van der Waals surface area contributed by atoms with Crippen LogP contribution in [0.2, 0.25) is 5.02 Å². The molecule has 3 N–H and O–H groups in total. The summed E-state index contributed by atoms with van der Waals surface area (Å²) in [5.41, 5.74) is 0.542. The van der Waals surface area contributed by atoms with Crippen LogP contribution < -0.4 is 10.6 Å². The Morgan fingerprint density at radius 2 is 1.84 bits per heavy atom. The van der Waals surface area contributed by atoms with Crippen LogP contribution in [-0.2, 0) is 26.3 Å². The summed E-state index contributed by atoms with van der Waals surface area (Å²) in [5.74, 6) is -2.97. The van der Waals surface area contributed by atoms with Gasteiger partial charge in [0.2, 0.25) is 17.7 Å². The number of anilines is 1. The number of fused-ring (bicyclic) bond motifs is 4. The van der Waals surface area contributed by atoms with E-state index in [0.717, 1.165) is 5.56 Å². The standard InChI is InChI=1S/C23H22ClN3O4/c1-12(28)18-16-17(21(30)27(20(16)29)11-10-13-6-3-2-4-7-13)23(26-18)14-8-5-9-15(24)19(14)25-22(23)31/h2-9,12,16-18,26,28H,10-11H2,1H3,(H,25,31). The number of aliphatic hydroxyl groups is 1. The van der Waals surface area contributed by atoms with Crippen molar-refractivity contribution in [3.63, 3.8) is 0 Å². The molecule has 2 fully saturated rings. The maximum atomic E-state index is 13.6. The number of nitrogens with zero attached hydrogens (tertiary/aromatic N) is 1. The maximum absolute atomic E-state index is 13.6. The van der Waals surface area contributed by atoms with Crippen molar-refractivity contribution >= 4 is 35.0 Å². The Kier molecular flexibility index (Phi) is 4.66. The molecule has 2 aromatic rings. The highest BCUT2D eigenvalue weighted by Gasteiger charge is 2.71. The van der Waals surface area contributed by atoms with E-state index in [1.54, 1.807) is 25.1 Å². The van der Waals surface area contributed by atoms with E-state index in [4.69, 9.17) is 11.6 Å². The average Bonchev–Trinajstić information content (AvgIpc) is 3.34. The summed E-state index contributed by atoms with van der Waals surface area (Å²) in [6.45, 7) is 1.78. The predicted octanol–water partition coefficient (Wildman–Crippen LogP) is 1.68. The second-order valence-corrected chi connectivity index (χ2v) is 8.81. The minimum Gasteiger partial charge on any atom is -0.392 e. The lowest BCUT2D eigenvalue weighted by Gasteiger charge is -2.30. The molecule has 3 amide bonds. The number of amides is 3. The molecule has 0 saturated carbocycles. The number of rotatable bonds is 4. The second-order valence-electron chi connectivity index (χ2n) is 8.40. The van der Waals surface area contributed by atoms with Gasteiger partial charge in [-0.3, -0.25) is 24.6 Å². The molecule has 3 aliphatic heterocycles. The van der Waals surface area contributed by atoms with E-state index in [9.17, 15) is 19.5 Å². The molecule has 31 heavy (non-hydrogen) atoms. The van der Waals surface area contributed by atoms with Crippen LogP contribution in [0.1, 0.15) is 18.1 Å². The van der Waals surface area contributed by atoms with Gasteiger partial charge in [-0.1, -0.05) is 54.1 Å². The molecule has 0 bridgehead atoms. The topological polar surface area (TPSA) is 98.7 Å². The SMILES string of the molecule is CC(O)C1NC2(C(=O)Nc3c(Cl)cccc32)C2C(=O)N(CCc3ccccc3)C(=O)C12. The van der Waals surface area contributed by atoms with Gasteiger partial charge in [0.1, 0.15) is 5.54 Å². The Labute approximate surface area is 184 Å². The van der Waals surface area contributed by atoms with Crippen molar-refractivity contribution in [1.29, 1.82) is 0 Å². The minimum atomic E-state index is -1.44. The number of aliphatic hydroxyl groups excluding tert-OH is 1. The molecule has 2 aromatic carbocycles. The second kappa shape index (κ2) is 7.15. The van der Waals surface area contributed by atoms with Crippen molar-refractivity contribution in [3.8, 4) is 0 Å². The highest BCUT2D eigenvalue weighted by atomic mass is 35.5. The van der Waals surface area contributed by atoms with Crippen molar-refractivity contribution < 1.29 is 19.5 Å². The van der Waals surface area contributed by atoms with Gasteiger partial charge in [0, 0.05) is 18.2 Å². The van der Waals surface area contributed by atoms with Crippen LogP contribution in [0, 0.1) is 11.8 Å². The lowest BCUT2D eigenvalue weighted by Crippen LogP contribution is -2.54. The third-order valence-electron chi connectivity index (χ3n) is 6.71. The molecule has 160 valence electrons. The number of halogens is 1. The Morgan fingerprint density at radius 3 is 2.55 bits per heavy atom. The number of carbonyl (C=O) groups excluding carboxylic acids is 3. The molecule has 0 radical (unpaired) electrons. The van der Waals surface area contributed by atoms with Gasteiger partial charge in [0.05, 0.1) is 28.6 Å². The van der Waals surface area contributed by atoms with E-state index in [1.807, 2.05) is 30.3 Å². The van der Waals surface area contributed by atoms with Crippen molar-refractivity contribution in [2.45, 2.75) is 31.0 Å². The van der Waals surface area contributed by atoms with E-state index < -0.39 is 41.3 Å². The van der Waals surface area contributed by atoms with Crippen molar-refractivity contribution in [3.05, 3.63) is 64.7 Å². The van der Waals surface area contributed by atoms with Crippen molar-refractivity contribution in [1.82, 2.24) is 10.2 Å². The van der Waals surface area contributed by atoms with E-state index in [1.165, 1.54) is 4.90 Å². The summed E-state index contributed by atoms with van der Waals surface area (Å²) in [5, 5.41) is 16.7. The molecule has 7 nitrogen and oxygen atoms in total. The van der Waals surface area contributed by atoms with Crippen LogP contribution in [0.3, 0.4) is 0 Å². The first-order valence-corrected chi connectivity index (χ1v) is 10.7. The van der Waals surface area contributed by atoms with E-state index >= 15 is 0 Å². The molecular weight excluding hydrogens is 418 g/mol. The van der Waals surface area contributed by atoms with Crippen molar-refractivity contribution in [2.24, 2.45) is 11.8 Å². The fourth-order valence-corrected chi connectivity index (χ4v) is 5.53. The molecular formula is C23H22ClN3O4. The maximum Gasteiger partial charge on any atom is 0.250 e. The number of benzene rings is 2. The number of hydrogen-bond donors (Lipinski definition) is 3. The Balaban J connectivity index is 1.56.